The average molecular weight is 384 g/mol. The summed E-state index contributed by atoms with van der Waals surface area (Å²) in [4.78, 5) is 35.8. The Kier molecular flexibility index (Phi) is 5.71. The molecule has 0 fully saturated rings. The maximum atomic E-state index is 12.3. The Labute approximate surface area is 160 Å². The summed E-state index contributed by atoms with van der Waals surface area (Å²) in [5.41, 5.74) is 1.45. The summed E-state index contributed by atoms with van der Waals surface area (Å²) < 4.78 is 6.71. The van der Waals surface area contributed by atoms with Crippen molar-refractivity contribution >= 4 is 39.7 Å². The minimum atomic E-state index is -0.927. The van der Waals surface area contributed by atoms with Gasteiger partial charge in [0.2, 0.25) is 0 Å². The fourth-order valence-corrected chi connectivity index (χ4v) is 3.46. The van der Waals surface area contributed by atoms with E-state index in [1.165, 1.54) is 11.5 Å². The Morgan fingerprint density at radius 1 is 1.19 bits per heavy atom. The number of nitrogens with zero attached hydrogens (tertiary/aromatic N) is 1. The van der Waals surface area contributed by atoms with E-state index >= 15 is 0 Å². The predicted molar refractivity (Wildman–Crippen MR) is 106 cm³/mol. The highest BCUT2D eigenvalue weighted by Crippen LogP contribution is 2.19. The molecule has 0 bridgehead atoms. The van der Waals surface area contributed by atoms with Crippen molar-refractivity contribution in [3.8, 4) is 0 Å². The van der Waals surface area contributed by atoms with Crippen molar-refractivity contribution < 1.29 is 14.3 Å². The van der Waals surface area contributed by atoms with Gasteiger partial charge in [-0.1, -0.05) is 41.7 Å². The molecule has 0 aliphatic heterocycles. The number of ether oxygens (including phenoxy) is 1. The van der Waals surface area contributed by atoms with Gasteiger partial charge in [0.15, 0.2) is 6.10 Å². The molecule has 3 rings (SSSR count). The van der Waals surface area contributed by atoms with E-state index < -0.39 is 18.0 Å². The van der Waals surface area contributed by atoms with Crippen molar-refractivity contribution in [2.45, 2.75) is 32.9 Å². The largest absolute Gasteiger partial charge is 0.452 e. The number of hydrogen-bond donors (Lipinski definition) is 1. The van der Waals surface area contributed by atoms with Crippen LogP contribution in [0.3, 0.4) is 0 Å². The zero-order valence-corrected chi connectivity index (χ0v) is 15.9. The van der Waals surface area contributed by atoms with Crippen molar-refractivity contribution in [3.63, 3.8) is 0 Å². The third-order valence-electron chi connectivity index (χ3n) is 4.21. The molecular formula is C20H20N2O4S. The second-order valence-electron chi connectivity index (χ2n) is 6.23. The Hall–Kier alpha value is -2.93. The first-order valence-electron chi connectivity index (χ1n) is 8.58. The van der Waals surface area contributed by atoms with Gasteiger partial charge in [-0.2, -0.15) is 0 Å². The summed E-state index contributed by atoms with van der Waals surface area (Å²) in [6, 6.07) is 13.4. The first-order valence-corrected chi connectivity index (χ1v) is 9.46. The number of amides is 1. The summed E-state index contributed by atoms with van der Waals surface area (Å²) in [6.45, 7) is 3.57. The van der Waals surface area contributed by atoms with Crippen molar-refractivity contribution in [1.29, 1.82) is 0 Å². The molecule has 0 saturated heterocycles. The van der Waals surface area contributed by atoms with E-state index in [4.69, 9.17) is 4.74 Å². The van der Waals surface area contributed by atoms with Crippen LogP contribution in [0.25, 0.3) is 10.8 Å². The van der Waals surface area contributed by atoms with Gasteiger partial charge in [0.05, 0.1) is 6.42 Å². The standard InChI is InChI=1S/C20H20N2O4S/c1-13-12-27-20(25)22(13)10-9-18(23)26-14(2)19(24)21-17-8-7-15-5-3-4-6-16(15)11-17/h3-8,11-12,14H,9-10H2,1-2H3,(H,21,24). The number of esters is 1. The molecule has 6 nitrogen and oxygen atoms in total. The van der Waals surface area contributed by atoms with Gasteiger partial charge >= 0.3 is 10.8 Å². The molecule has 1 N–H and O–H groups in total. The number of aryl methyl sites for hydroxylation is 1. The lowest BCUT2D eigenvalue weighted by atomic mass is 10.1. The maximum absolute atomic E-state index is 12.3. The Balaban J connectivity index is 1.54. The first kappa shape index (κ1) is 18.8. The van der Waals surface area contributed by atoms with Crippen LogP contribution in [0.15, 0.2) is 52.6 Å². The lowest BCUT2D eigenvalue weighted by molar-refractivity contribution is -0.153. The van der Waals surface area contributed by atoms with E-state index in [9.17, 15) is 14.4 Å². The van der Waals surface area contributed by atoms with Crippen molar-refractivity contribution in [1.82, 2.24) is 4.57 Å². The van der Waals surface area contributed by atoms with Gasteiger partial charge in [0, 0.05) is 23.3 Å². The van der Waals surface area contributed by atoms with Crippen LogP contribution in [0.2, 0.25) is 0 Å². The fraction of sp³-hybridized carbons (Fsp3) is 0.250. The van der Waals surface area contributed by atoms with Crippen LogP contribution in [-0.2, 0) is 20.9 Å². The molecule has 1 amide bonds. The number of hydrogen-bond acceptors (Lipinski definition) is 5. The van der Waals surface area contributed by atoms with Crippen LogP contribution >= 0.6 is 11.3 Å². The van der Waals surface area contributed by atoms with Gasteiger partial charge in [-0.05, 0) is 36.8 Å². The normalized spacial score (nSPS) is 11.9. The van der Waals surface area contributed by atoms with E-state index in [0.29, 0.717) is 5.69 Å². The summed E-state index contributed by atoms with van der Waals surface area (Å²) in [5, 5.41) is 6.59. The van der Waals surface area contributed by atoms with E-state index in [0.717, 1.165) is 27.8 Å². The number of fused-ring (bicyclic) bond motifs is 1. The second kappa shape index (κ2) is 8.18. The molecule has 27 heavy (non-hydrogen) atoms. The summed E-state index contributed by atoms with van der Waals surface area (Å²) in [6.07, 6.45) is -0.894. The van der Waals surface area contributed by atoms with Crippen LogP contribution in [-0.4, -0.2) is 22.5 Å². The van der Waals surface area contributed by atoms with E-state index in [1.54, 1.807) is 11.4 Å². The van der Waals surface area contributed by atoms with Crippen molar-refractivity contribution in [2.75, 3.05) is 5.32 Å². The summed E-state index contributed by atoms with van der Waals surface area (Å²) in [7, 11) is 0. The van der Waals surface area contributed by atoms with Crippen LogP contribution in [0, 0.1) is 6.92 Å². The Morgan fingerprint density at radius 2 is 1.93 bits per heavy atom. The highest BCUT2D eigenvalue weighted by Gasteiger charge is 2.18. The van der Waals surface area contributed by atoms with Gasteiger partial charge in [0.1, 0.15) is 0 Å². The van der Waals surface area contributed by atoms with E-state index in [-0.39, 0.29) is 17.8 Å². The summed E-state index contributed by atoms with van der Waals surface area (Å²) >= 11 is 1.09. The van der Waals surface area contributed by atoms with Gasteiger partial charge in [-0.3, -0.25) is 14.4 Å². The van der Waals surface area contributed by atoms with E-state index in [2.05, 4.69) is 5.32 Å². The molecule has 0 radical (unpaired) electrons. The average Bonchev–Trinajstić information content (AvgIpc) is 2.97. The fourth-order valence-electron chi connectivity index (χ4n) is 2.70. The number of carbonyl (C=O) groups excluding carboxylic acids is 2. The molecular weight excluding hydrogens is 364 g/mol. The lowest BCUT2D eigenvalue weighted by Gasteiger charge is -2.14. The topological polar surface area (TPSA) is 77.4 Å². The van der Waals surface area contributed by atoms with Crippen LogP contribution in [0.4, 0.5) is 5.69 Å². The minimum Gasteiger partial charge on any atom is -0.452 e. The van der Waals surface area contributed by atoms with Gasteiger partial charge in [0.25, 0.3) is 5.91 Å². The molecule has 1 aromatic heterocycles. The van der Waals surface area contributed by atoms with E-state index in [1.807, 2.05) is 43.3 Å². The molecule has 0 aliphatic rings. The van der Waals surface area contributed by atoms with Crippen LogP contribution < -0.4 is 10.2 Å². The summed E-state index contributed by atoms with van der Waals surface area (Å²) in [5.74, 6) is -0.920. The van der Waals surface area contributed by atoms with Gasteiger partial charge in [-0.25, -0.2) is 0 Å². The van der Waals surface area contributed by atoms with Crippen LogP contribution in [0.5, 0.6) is 0 Å². The molecule has 1 atom stereocenters. The Bertz CT molecular complexity index is 1040. The zero-order valence-electron chi connectivity index (χ0n) is 15.1. The zero-order chi connectivity index (χ0) is 19.4. The molecule has 1 heterocycles. The first-order chi connectivity index (χ1) is 12.9. The number of thiazole rings is 1. The van der Waals surface area contributed by atoms with Gasteiger partial charge < -0.3 is 14.6 Å². The minimum absolute atomic E-state index is 0.0328. The quantitative estimate of drug-likeness (QED) is 0.661. The molecule has 3 aromatic rings. The molecule has 2 aromatic carbocycles. The third kappa shape index (κ3) is 4.62. The van der Waals surface area contributed by atoms with Gasteiger partial charge in [-0.15, -0.1) is 0 Å². The SMILES string of the molecule is Cc1csc(=O)n1CCC(=O)OC(C)C(=O)Nc1ccc2ccccc2c1. The highest BCUT2D eigenvalue weighted by molar-refractivity contribution is 7.07. The third-order valence-corrected chi connectivity index (χ3v) is 5.09. The number of anilines is 1. The molecule has 1 unspecified atom stereocenters. The van der Waals surface area contributed by atoms with Crippen LogP contribution in [0.1, 0.15) is 19.0 Å². The lowest BCUT2D eigenvalue weighted by Crippen LogP contribution is -2.30. The number of benzene rings is 2. The number of nitrogens with one attached hydrogen (secondary N) is 1. The number of rotatable bonds is 6. The Morgan fingerprint density at radius 3 is 2.63 bits per heavy atom. The van der Waals surface area contributed by atoms with Crippen molar-refractivity contribution in [2.24, 2.45) is 0 Å². The van der Waals surface area contributed by atoms with Crippen molar-refractivity contribution in [3.05, 3.63) is 63.2 Å². The molecule has 0 spiro atoms. The molecule has 140 valence electrons. The maximum Gasteiger partial charge on any atom is 0.308 e. The molecule has 0 saturated carbocycles. The number of carbonyl (C=O) groups is 2. The smallest absolute Gasteiger partial charge is 0.308 e. The second-order valence-corrected chi connectivity index (χ2v) is 7.05. The predicted octanol–water partition coefficient (Wildman–Crippen LogP) is 3.33. The highest BCUT2D eigenvalue weighted by atomic mass is 32.1. The molecule has 7 heteroatoms. The molecule has 0 aliphatic carbocycles. The number of aromatic nitrogens is 1. The monoisotopic (exact) mass is 384 g/mol.